The van der Waals surface area contributed by atoms with Crippen LogP contribution in [0.2, 0.25) is 5.02 Å². The Labute approximate surface area is 157 Å². The van der Waals surface area contributed by atoms with Crippen LogP contribution >= 0.6 is 34.2 Å². The first-order valence-electron chi connectivity index (χ1n) is 6.85. The van der Waals surface area contributed by atoms with E-state index in [4.69, 9.17) is 11.6 Å². The highest BCUT2D eigenvalue weighted by Gasteiger charge is 2.19. The first-order valence-corrected chi connectivity index (χ1v) is 9.79. The van der Waals surface area contributed by atoms with Gasteiger partial charge in [0.15, 0.2) is 10.8 Å². The molecule has 0 fully saturated rings. The van der Waals surface area contributed by atoms with E-state index in [0.717, 1.165) is 5.56 Å². The molecule has 0 spiro atoms. The number of benzene rings is 2. The van der Waals surface area contributed by atoms with Crippen molar-refractivity contribution in [2.75, 3.05) is 4.72 Å². The van der Waals surface area contributed by atoms with Crippen LogP contribution in [0.25, 0.3) is 10.9 Å². The Morgan fingerprint density at radius 2 is 1.96 bits per heavy atom. The maximum Gasteiger partial charge on any atom is 0.279 e. The molecule has 0 saturated heterocycles. The molecule has 5 nitrogen and oxygen atoms in total. The van der Waals surface area contributed by atoms with Gasteiger partial charge in [0.2, 0.25) is 0 Å². The lowest BCUT2D eigenvalue weighted by Crippen LogP contribution is -2.14. The number of hydrogen-bond donors (Lipinski definition) is 2. The molecular formula is C16H12ClIN2O3S. The van der Waals surface area contributed by atoms with Crippen LogP contribution in [0.5, 0.6) is 5.75 Å². The lowest BCUT2D eigenvalue weighted by Gasteiger charge is -2.10. The molecule has 3 aromatic rings. The zero-order valence-electron chi connectivity index (χ0n) is 12.4. The molecule has 1 aromatic heterocycles. The third-order valence-electron chi connectivity index (χ3n) is 3.38. The lowest BCUT2D eigenvalue weighted by atomic mass is 10.2. The first-order chi connectivity index (χ1) is 11.3. The number of hydrogen-bond acceptors (Lipinski definition) is 4. The number of phenolic OH excluding ortho intramolecular Hbond substituents is 1. The van der Waals surface area contributed by atoms with Crippen molar-refractivity contribution in [2.24, 2.45) is 0 Å². The van der Waals surface area contributed by atoms with Crippen molar-refractivity contribution in [1.29, 1.82) is 0 Å². The van der Waals surface area contributed by atoms with Gasteiger partial charge in [-0.25, -0.2) is 4.98 Å². The standard InChI is InChI=1S/C16H12ClIN2O3S/c1-9-3-2-4-10(7-9)20-24(22,23)14-6-5-11-12(17)8-13(18)16(21)15(11)19-14/h2-8,20-21H,1H3. The van der Waals surface area contributed by atoms with E-state index in [1.807, 2.05) is 35.6 Å². The third kappa shape index (κ3) is 3.28. The van der Waals surface area contributed by atoms with E-state index in [9.17, 15) is 13.5 Å². The van der Waals surface area contributed by atoms with Gasteiger partial charge in [-0.15, -0.1) is 0 Å². The second kappa shape index (κ2) is 6.38. The molecule has 124 valence electrons. The molecule has 3 rings (SSSR count). The van der Waals surface area contributed by atoms with E-state index in [1.54, 1.807) is 24.3 Å². The summed E-state index contributed by atoms with van der Waals surface area (Å²) in [6.45, 7) is 1.87. The number of nitrogens with one attached hydrogen (secondary N) is 1. The van der Waals surface area contributed by atoms with E-state index in [0.29, 0.717) is 19.7 Å². The summed E-state index contributed by atoms with van der Waals surface area (Å²) in [6, 6.07) is 11.5. The second-order valence-electron chi connectivity index (χ2n) is 5.21. The summed E-state index contributed by atoms with van der Waals surface area (Å²) >= 11 is 8.04. The maximum absolute atomic E-state index is 12.5. The van der Waals surface area contributed by atoms with Gasteiger partial charge >= 0.3 is 0 Å². The number of halogens is 2. The van der Waals surface area contributed by atoms with Gasteiger partial charge in [-0.1, -0.05) is 23.7 Å². The van der Waals surface area contributed by atoms with Gasteiger partial charge in [-0.2, -0.15) is 8.42 Å². The molecule has 2 N–H and O–H groups in total. The molecule has 0 aliphatic heterocycles. The first kappa shape index (κ1) is 17.2. The molecule has 24 heavy (non-hydrogen) atoms. The molecule has 0 aliphatic rings. The lowest BCUT2D eigenvalue weighted by molar-refractivity contribution is 0.476. The summed E-state index contributed by atoms with van der Waals surface area (Å²) in [6.07, 6.45) is 0. The molecule has 0 bridgehead atoms. The molecule has 0 atom stereocenters. The Morgan fingerprint density at radius 1 is 1.21 bits per heavy atom. The molecule has 0 amide bonds. The predicted octanol–water partition coefficient (Wildman–Crippen LogP) is 4.31. The van der Waals surface area contributed by atoms with Gasteiger partial charge in [-0.05, 0) is 65.4 Å². The largest absolute Gasteiger partial charge is 0.505 e. The Bertz CT molecular complexity index is 1050. The molecular weight excluding hydrogens is 463 g/mol. The number of aromatic nitrogens is 1. The van der Waals surface area contributed by atoms with Gasteiger partial charge in [0.1, 0.15) is 5.52 Å². The smallest absolute Gasteiger partial charge is 0.279 e. The van der Waals surface area contributed by atoms with E-state index in [-0.39, 0.29) is 16.3 Å². The summed E-state index contributed by atoms with van der Waals surface area (Å²) in [5.41, 5.74) is 1.53. The normalized spacial score (nSPS) is 11.6. The summed E-state index contributed by atoms with van der Waals surface area (Å²) in [5, 5.41) is 10.9. The van der Waals surface area contributed by atoms with Gasteiger partial charge in [-0.3, -0.25) is 4.72 Å². The van der Waals surface area contributed by atoms with Crippen molar-refractivity contribution in [1.82, 2.24) is 4.98 Å². The van der Waals surface area contributed by atoms with Crippen LogP contribution in [0, 0.1) is 10.5 Å². The van der Waals surface area contributed by atoms with Crippen molar-refractivity contribution >= 4 is 60.8 Å². The van der Waals surface area contributed by atoms with Crippen molar-refractivity contribution < 1.29 is 13.5 Å². The minimum absolute atomic E-state index is 0.0948. The highest BCUT2D eigenvalue weighted by atomic mass is 127. The fraction of sp³-hybridized carbons (Fsp3) is 0.0625. The predicted molar refractivity (Wildman–Crippen MR) is 103 cm³/mol. The van der Waals surface area contributed by atoms with Crippen molar-refractivity contribution in [2.45, 2.75) is 11.9 Å². The maximum atomic E-state index is 12.5. The minimum Gasteiger partial charge on any atom is -0.505 e. The van der Waals surface area contributed by atoms with Crippen molar-refractivity contribution in [3.05, 3.63) is 56.6 Å². The number of pyridine rings is 1. The molecule has 2 aromatic carbocycles. The summed E-state index contributed by atoms with van der Waals surface area (Å²) in [5.74, 6) is -0.0948. The van der Waals surface area contributed by atoms with Crippen molar-refractivity contribution in [3.8, 4) is 5.75 Å². The molecule has 0 saturated carbocycles. The monoisotopic (exact) mass is 474 g/mol. The Balaban J connectivity index is 2.10. The Kier molecular flexibility index (Phi) is 4.58. The highest BCUT2D eigenvalue weighted by molar-refractivity contribution is 14.1. The van der Waals surface area contributed by atoms with Crippen LogP contribution in [0.15, 0.2) is 47.5 Å². The number of nitrogens with zero attached hydrogens (tertiary/aromatic N) is 1. The SMILES string of the molecule is Cc1cccc(NS(=O)(=O)c2ccc3c(Cl)cc(I)c(O)c3n2)c1. The number of fused-ring (bicyclic) bond motifs is 1. The number of sulfonamides is 1. The molecule has 1 heterocycles. The fourth-order valence-electron chi connectivity index (χ4n) is 2.25. The zero-order chi connectivity index (χ0) is 17.5. The molecule has 0 radical (unpaired) electrons. The third-order valence-corrected chi connectivity index (χ3v) is 5.79. The number of aromatic hydroxyl groups is 1. The number of rotatable bonds is 3. The summed E-state index contributed by atoms with van der Waals surface area (Å²) in [7, 11) is -3.88. The van der Waals surface area contributed by atoms with Crippen LogP contribution in [0.1, 0.15) is 5.56 Å². The quantitative estimate of drug-likeness (QED) is 0.555. The van der Waals surface area contributed by atoms with E-state index >= 15 is 0 Å². The molecule has 0 unspecified atom stereocenters. The van der Waals surface area contributed by atoms with E-state index in [1.165, 1.54) is 12.1 Å². The van der Waals surface area contributed by atoms with Crippen LogP contribution in [-0.2, 0) is 10.0 Å². The number of aryl methyl sites for hydroxylation is 1. The topological polar surface area (TPSA) is 79.3 Å². The summed E-state index contributed by atoms with van der Waals surface area (Å²) in [4.78, 5) is 4.10. The fourth-order valence-corrected chi connectivity index (χ4v) is 4.26. The zero-order valence-corrected chi connectivity index (χ0v) is 16.1. The molecule has 8 heteroatoms. The highest BCUT2D eigenvalue weighted by Crippen LogP contribution is 2.34. The van der Waals surface area contributed by atoms with Gasteiger partial charge in [0, 0.05) is 11.1 Å². The second-order valence-corrected chi connectivity index (χ2v) is 8.41. The van der Waals surface area contributed by atoms with Gasteiger partial charge < -0.3 is 5.11 Å². The van der Waals surface area contributed by atoms with Crippen LogP contribution < -0.4 is 4.72 Å². The number of anilines is 1. The van der Waals surface area contributed by atoms with E-state index < -0.39 is 10.0 Å². The van der Waals surface area contributed by atoms with Gasteiger partial charge in [0.25, 0.3) is 10.0 Å². The van der Waals surface area contributed by atoms with E-state index in [2.05, 4.69) is 9.71 Å². The Morgan fingerprint density at radius 3 is 2.67 bits per heavy atom. The average molecular weight is 475 g/mol. The minimum atomic E-state index is -3.88. The van der Waals surface area contributed by atoms with Crippen molar-refractivity contribution in [3.63, 3.8) is 0 Å². The van der Waals surface area contributed by atoms with Crippen LogP contribution in [-0.4, -0.2) is 18.5 Å². The Hall–Kier alpha value is -1.58. The van der Waals surface area contributed by atoms with Gasteiger partial charge in [0.05, 0.1) is 8.59 Å². The number of phenols is 1. The van der Waals surface area contributed by atoms with Crippen LogP contribution in [0.4, 0.5) is 5.69 Å². The summed E-state index contributed by atoms with van der Waals surface area (Å²) < 4.78 is 28.1. The molecule has 0 aliphatic carbocycles. The van der Waals surface area contributed by atoms with Crippen LogP contribution in [0.3, 0.4) is 0 Å². The average Bonchev–Trinajstić information content (AvgIpc) is 2.52.